The minimum absolute atomic E-state index is 0.393. The zero-order valence-corrected chi connectivity index (χ0v) is 11.4. The van der Waals surface area contributed by atoms with Crippen molar-refractivity contribution in [2.24, 2.45) is 23.7 Å². The third kappa shape index (κ3) is 3.82. The molecule has 1 nitrogen and oxygen atoms in total. The third-order valence-corrected chi connectivity index (χ3v) is 5.13. The molecule has 1 heteroatoms. The van der Waals surface area contributed by atoms with Gasteiger partial charge in [-0.05, 0) is 43.4 Å². The normalized spacial score (nSPS) is 38.9. The van der Waals surface area contributed by atoms with E-state index in [0.717, 1.165) is 24.2 Å². The van der Waals surface area contributed by atoms with E-state index in [1.165, 1.54) is 64.1 Å². The molecule has 2 saturated carbocycles. The summed E-state index contributed by atoms with van der Waals surface area (Å²) in [6, 6.07) is 0. The zero-order valence-electron chi connectivity index (χ0n) is 11.4. The van der Waals surface area contributed by atoms with Crippen LogP contribution in [0.15, 0.2) is 0 Å². The summed E-state index contributed by atoms with van der Waals surface area (Å²) in [4.78, 5) is 11.1. The van der Waals surface area contributed by atoms with Gasteiger partial charge in [-0.3, -0.25) is 0 Å². The summed E-state index contributed by atoms with van der Waals surface area (Å²) in [6.45, 7) is 2.40. The number of hydrogen-bond donors (Lipinski definition) is 0. The first-order chi connectivity index (χ1) is 8.29. The standard InChI is InChI=1S/C16H28O/c1-13-5-4-6-14(11-13)9-10-15-7-2-3-8-16(15)12-17/h12-16H,2-11H2,1H3. The third-order valence-electron chi connectivity index (χ3n) is 5.13. The van der Waals surface area contributed by atoms with Gasteiger partial charge >= 0.3 is 0 Å². The smallest absolute Gasteiger partial charge is 0.123 e. The van der Waals surface area contributed by atoms with E-state index in [1.807, 2.05) is 0 Å². The summed E-state index contributed by atoms with van der Waals surface area (Å²) in [6.07, 6.45) is 14.8. The predicted octanol–water partition coefficient (Wildman–Crippen LogP) is 4.60. The molecule has 0 N–H and O–H groups in total. The second kappa shape index (κ2) is 6.56. The second-order valence-electron chi connectivity index (χ2n) is 6.56. The Hall–Kier alpha value is -0.330. The van der Waals surface area contributed by atoms with Gasteiger partial charge in [0.1, 0.15) is 6.29 Å². The molecule has 0 aromatic carbocycles. The van der Waals surface area contributed by atoms with E-state index in [1.54, 1.807) is 0 Å². The lowest BCUT2D eigenvalue weighted by Crippen LogP contribution is -2.22. The molecule has 4 atom stereocenters. The van der Waals surface area contributed by atoms with E-state index in [4.69, 9.17) is 0 Å². The largest absolute Gasteiger partial charge is 0.303 e. The molecular weight excluding hydrogens is 208 g/mol. The summed E-state index contributed by atoms with van der Waals surface area (Å²) in [5, 5.41) is 0. The molecule has 0 saturated heterocycles. The summed E-state index contributed by atoms with van der Waals surface area (Å²) in [7, 11) is 0. The molecule has 2 aliphatic carbocycles. The fourth-order valence-corrected chi connectivity index (χ4v) is 4.05. The molecule has 2 rings (SSSR count). The number of aldehydes is 1. The van der Waals surface area contributed by atoms with Crippen molar-refractivity contribution in [1.82, 2.24) is 0 Å². The van der Waals surface area contributed by atoms with Gasteiger partial charge in [0.15, 0.2) is 0 Å². The zero-order chi connectivity index (χ0) is 12.1. The fraction of sp³-hybridized carbons (Fsp3) is 0.938. The van der Waals surface area contributed by atoms with Crippen LogP contribution in [0.4, 0.5) is 0 Å². The lowest BCUT2D eigenvalue weighted by atomic mass is 9.74. The Morgan fingerprint density at radius 3 is 2.59 bits per heavy atom. The molecule has 0 radical (unpaired) electrons. The summed E-state index contributed by atoms with van der Waals surface area (Å²) >= 11 is 0. The van der Waals surface area contributed by atoms with Crippen molar-refractivity contribution in [2.45, 2.75) is 71.1 Å². The topological polar surface area (TPSA) is 17.1 Å². The molecule has 2 aliphatic rings. The first kappa shape index (κ1) is 13.1. The van der Waals surface area contributed by atoms with Crippen LogP contribution < -0.4 is 0 Å². The van der Waals surface area contributed by atoms with Gasteiger partial charge < -0.3 is 4.79 Å². The number of hydrogen-bond acceptors (Lipinski definition) is 1. The van der Waals surface area contributed by atoms with E-state index in [0.29, 0.717) is 5.92 Å². The van der Waals surface area contributed by atoms with Crippen molar-refractivity contribution in [3.8, 4) is 0 Å². The monoisotopic (exact) mass is 236 g/mol. The first-order valence-electron chi connectivity index (χ1n) is 7.75. The Morgan fingerprint density at radius 1 is 1.00 bits per heavy atom. The molecule has 4 unspecified atom stereocenters. The van der Waals surface area contributed by atoms with Crippen molar-refractivity contribution >= 4 is 6.29 Å². The fourth-order valence-electron chi connectivity index (χ4n) is 4.05. The van der Waals surface area contributed by atoms with Gasteiger partial charge in [-0.25, -0.2) is 0 Å². The van der Waals surface area contributed by atoms with E-state index < -0.39 is 0 Å². The summed E-state index contributed by atoms with van der Waals surface area (Å²) in [5.74, 6) is 3.03. The Kier molecular flexibility index (Phi) is 5.06. The molecule has 0 spiro atoms. The number of carbonyl (C=O) groups excluding carboxylic acids is 1. The average molecular weight is 236 g/mol. The van der Waals surface area contributed by atoms with Crippen molar-refractivity contribution in [3.05, 3.63) is 0 Å². The van der Waals surface area contributed by atoms with Crippen LogP contribution in [-0.4, -0.2) is 6.29 Å². The van der Waals surface area contributed by atoms with E-state index in [2.05, 4.69) is 6.92 Å². The number of carbonyl (C=O) groups is 1. The van der Waals surface area contributed by atoms with Crippen LogP contribution >= 0.6 is 0 Å². The van der Waals surface area contributed by atoms with Crippen LogP contribution in [0.5, 0.6) is 0 Å². The molecule has 98 valence electrons. The SMILES string of the molecule is CC1CCCC(CCC2CCCCC2C=O)C1. The molecule has 0 aromatic heterocycles. The van der Waals surface area contributed by atoms with Crippen molar-refractivity contribution in [3.63, 3.8) is 0 Å². The van der Waals surface area contributed by atoms with Crippen LogP contribution in [0.3, 0.4) is 0 Å². The molecule has 0 aliphatic heterocycles. The highest BCUT2D eigenvalue weighted by atomic mass is 16.1. The molecule has 0 bridgehead atoms. The summed E-state index contributed by atoms with van der Waals surface area (Å²) < 4.78 is 0. The molecule has 0 amide bonds. The van der Waals surface area contributed by atoms with Gasteiger partial charge in [0.25, 0.3) is 0 Å². The van der Waals surface area contributed by atoms with E-state index in [-0.39, 0.29) is 0 Å². The van der Waals surface area contributed by atoms with Gasteiger partial charge in [0.2, 0.25) is 0 Å². The second-order valence-corrected chi connectivity index (χ2v) is 6.56. The number of rotatable bonds is 4. The first-order valence-corrected chi connectivity index (χ1v) is 7.75. The molecule has 0 heterocycles. The van der Waals surface area contributed by atoms with Gasteiger partial charge in [-0.15, -0.1) is 0 Å². The maximum atomic E-state index is 11.1. The van der Waals surface area contributed by atoms with Gasteiger partial charge in [-0.2, -0.15) is 0 Å². The highest BCUT2D eigenvalue weighted by Crippen LogP contribution is 2.36. The van der Waals surface area contributed by atoms with Crippen LogP contribution in [0.25, 0.3) is 0 Å². The van der Waals surface area contributed by atoms with Crippen molar-refractivity contribution in [1.29, 1.82) is 0 Å². The molecule has 17 heavy (non-hydrogen) atoms. The molecular formula is C16H28O. The van der Waals surface area contributed by atoms with E-state index >= 15 is 0 Å². The Balaban J connectivity index is 1.74. The van der Waals surface area contributed by atoms with Crippen LogP contribution in [-0.2, 0) is 4.79 Å². The van der Waals surface area contributed by atoms with Crippen molar-refractivity contribution < 1.29 is 4.79 Å². The van der Waals surface area contributed by atoms with Gasteiger partial charge in [0, 0.05) is 5.92 Å². The highest BCUT2D eigenvalue weighted by molar-refractivity contribution is 5.54. The quantitative estimate of drug-likeness (QED) is 0.652. The van der Waals surface area contributed by atoms with Crippen molar-refractivity contribution in [2.75, 3.05) is 0 Å². The lowest BCUT2D eigenvalue weighted by molar-refractivity contribution is -0.113. The average Bonchev–Trinajstić information content (AvgIpc) is 2.37. The molecule has 0 aromatic rings. The summed E-state index contributed by atoms with van der Waals surface area (Å²) in [5.41, 5.74) is 0. The Bertz CT molecular complexity index is 236. The Morgan fingerprint density at radius 2 is 1.82 bits per heavy atom. The maximum Gasteiger partial charge on any atom is 0.123 e. The van der Waals surface area contributed by atoms with Crippen LogP contribution in [0, 0.1) is 23.7 Å². The minimum Gasteiger partial charge on any atom is -0.303 e. The van der Waals surface area contributed by atoms with E-state index in [9.17, 15) is 4.79 Å². The minimum atomic E-state index is 0.393. The Labute approximate surface area is 106 Å². The predicted molar refractivity (Wildman–Crippen MR) is 71.9 cm³/mol. The van der Waals surface area contributed by atoms with Crippen LogP contribution in [0.1, 0.15) is 71.1 Å². The van der Waals surface area contributed by atoms with Gasteiger partial charge in [0.05, 0.1) is 0 Å². The van der Waals surface area contributed by atoms with Crippen LogP contribution in [0.2, 0.25) is 0 Å². The highest BCUT2D eigenvalue weighted by Gasteiger charge is 2.26. The maximum absolute atomic E-state index is 11.1. The molecule has 2 fully saturated rings. The van der Waals surface area contributed by atoms with Gasteiger partial charge in [-0.1, -0.05) is 45.4 Å². The lowest BCUT2D eigenvalue weighted by Gasteiger charge is -2.31.